The highest BCUT2D eigenvalue weighted by molar-refractivity contribution is 7.71. The summed E-state index contributed by atoms with van der Waals surface area (Å²) in [6.07, 6.45) is 2.16. The number of aryl methyl sites for hydroxylation is 1. The summed E-state index contributed by atoms with van der Waals surface area (Å²) in [7, 11) is 0. The molecule has 98 valence electrons. The van der Waals surface area contributed by atoms with Crippen LogP contribution in [-0.4, -0.2) is 19.7 Å². The van der Waals surface area contributed by atoms with E-state index in [1.165, 1.54) is 0 Å². The summed E-state index contributed by atoms with van der Waals surface area (Å²) in [4.78, 5) is 10.6. The average Bonchev–Trinajstić information content (AvgIpc) is 3.13. The van der Waals surface area contributed by atoms with Crippen molar-refractivity contribution in [2.24, 2.45) is 0 Å². The van der Waals surface area contributed by atoms with Crippen molar-refractivity contribution < 1.29 is 4.92 Å². The zero-order chi connectivity index (χ0) is 13.6. The number of nitrogens with one attached hydrogen (secondary N) is 1. The number of rotatable bonds is 3. The molecule has 2 aromatic rings. The molecule has 1 aromatic heterocycles. The Kier molecular flexibility index (Phi) is 2.70. The number of aromatic amines is 1. The van der Waals surface area contributed by atoms with E-state index in [1.807, 2.05) is 10.6 Å². The molecule has 0 unspecified atom stereocenters. The molecular weight excluding hydrogens is 264 g/mol. The lowest BCUT2D eigenvalue weighted by atomic mass is 10.1. The smallest absolute Gasteiger partial charge is 0.273 e. The van der Waals surface area contributed by atoms with Gasteiger partial charge in [0.15, 0.2) is 10.6 Å². The molecule has 3 rings (SSSR count). The molecule has 0 bridgehead atoms. The largest absolute Gasteiger partial charge is 0.297 e. The van der Waals surface area contributed by atoms with E-state index < -0.39 is 0 Å². The van der Waals surface area contributed by atoms with Crippen molar-refractivity contribution >= 4 is 17.9 Å². The number of nitro groups is 1. The summed E-state index contributed by atoms with van der Waals surface area (Å²) in [5, 5.41) is 18.0. The Morgan fingerprint density at radius 1 is 1.53 bits per heavy atom. The van der Waals surface area contributed by atoms with Crippen LogP contribution in [0.25, 0.3) is 11.4 Å². The van der Waals surface area contributed by atoms with Gasteiger partial charge >= 0.3 is 0 Å². The third kappa shape index (κ3) is 2.06. The molecule has 1 fully saturated rings. The van der Waals surface area contributed by atoms with Gasteiger partial charge in [0.25, 0.3) is 5.69 Å². The van der Waals surface area contributed by atoms with Crippen LogP contribution < -0.4 is 0 Å². The summed E-state index contributed by atoms with van der Waals surface area (Å²) >= 11 is 5.21. The maximum Gasteiger partial charge on any atom is 0.273 e. The maximum atomic E-state index is 11.0. The third-order valence-corrected chi connectivity index (χ3v) is 3.57. The Morgan fingerprint density at radius 3 is 2.89 bits per heavy atom. The number of aromatic nitrogens is 3. The number of H-pyrrole nitrogens is 1. The quantitative estimate of drug-likeness (QED) is 0.530. The Hall–Kier alpha value is -2.02. The van der Waals surface area contributed by atoms with Crippen LogP contribution in [0, 0.1) is 21.8 Å². The molecular formula is C12H12N4O2S. The third-order valence-electron chi connectivity index (χ3n) is 3.28. The Bertz CT molecular complexity index is 715. The highest BCUT2D eigenvalue weighted by atomic mass is 32.1. The van der Waals surface area contributed by atoms with Crippen LogP contribution in [-0.2, 0) is 0 Å². The molecule has 1 heterocycles. The fraction of sp³-hybridized carbons (Fsp3) is 0.333. The molecule has 1 aromatic carbocycles. The Labute approximate surface area is 114 Å². The van der Waals surface area contributed by atoms with Gasteiger partial charge in [-0.25, -0.2) is 0 Å². The van der Waals surface area contributed by atoms with Crippen LogP contribution in [0.2, 0.25) is 0 Å². The molecule has 1 aliphatic carbocycles. The van der Waals surface area contributed by atoms with Crippen LogP contribution in [0.15, 0.2) is 18.2 Å². The molecule has 1 saturated carbocycles. The predicted octanol–water partition coefficient (Wildman–Crippen LogP) is 3.16. The van der Waals surface area contributed by atoms with E-state index >= 15 is 0 Å². The van der Waals surface area contributed by atoms with E-state index in [2.05, 4.69) is 10.2 Å². The minimum Gasteiger partial charge on any atom is -0.297 e. The van der Waals surface area contributed by atoms with Crippen molar-refractivity contribution in [3.8, 4) is 11.4 Å². The van der Waals surface area contributed by atoms with Gasteiger partial charge in [0.1, 0.15) is 0 Å². The van der Waals surface area contributed by atoms with E-state index in [4.69, 9.17) is 12.2 Å². The van der Waals surface area contributed by atoms with Crippen molar-refractivity contribution in [2.45, 2.75) is 25.8 Å². The first-order chi connectivity index (χ1) is 9.08. The fourth-order valence-corrected chi connectivity index (χ4v) is 2.41. The van der Waals surface area contributed by atoms with Gasteiger partial charge in [0.2, 0.25) is 0 Å². The van der Waals surface area contributed by atoms with Gasteiger partial charge < -0.3 is 0 Å². The zero-order valence-electron chi connectivity index (χ0n) is 10.3. The topological polar surface area (TPSA) is 76.8 Å². The zero-order valence-corrected chi connectivity index (χ0v) is 11.1. The van der Waals surface area contributed by atoms with Gasteiger partial charge in [0.05, 0.1) is 4.92 Å². The predicted molar refractivity (Wildman–Crippen MR) is 72.5 cm³/mol. The van der Waals surface area contributed by atoms with E-state index in [0.29, 0.717) is 22.2 Å². The molecule has 0 radical (unpaired) electrons. The van der Waals surface area contributed by atoms with Crippen molar-refractivity contribution in [3.63, 3.8) is 0 Å². The lowest BCUT2D eigenvalue weighted by Gasteiger charge is -2.05. The number of nitro benzene ring substituents is 1. The molecule has 1 N–H and O–H groups in total. The van der Waals surface area contributed by atoms with Gasteiger partial charge in [-0.1, -0.05) is 12.1 Å². The minimum atomic E-state index is -0.373. The van der Waals surface area contributed by atoms with Gasteiger partial charge in [-0.3, -0.25) is 19.8 Å². The summed E-state index contributed by atoms with van der Waals surface area (Å²) < 4.78 is 2.52. The fourth-order valence-electron chi connectivity index (χ4n) is 2.13. The number of benzene rings is 1. The SMILES string of the molecule is Cc1ccc(-c2n[nH]c(=S)n2C2CC2)cc1[N+](=O)[O-]. The molecule has 0 aliphatic heterocycles. The molecule has 0 amide bonds. The summed E-state index contributed by atoms with van der Waals surface area (Å²) in [6, 6.07) is 5.51. The number of nitrogens with zero attached hydrogens (tertiary/aromatic N) is 3. The number of hydrogen-bond acceptors (Lipinski definition) is 4. The summed E-state index contributed by atoms with van der Waals surface area (Å²) in [6.45, 7) is 1.72. The first kappa shape index (κ1) is 12.0. The van der Waals surface area contributed by atoms with Crippen LogP contribution in [0.1, 0.15) is 24.4 Å². The second kappa shape index (κ2) is 4.27. The summed E-state index contributed by atoms with van der Waals surface area (Å²) in [5.74, 6) is 0.676. The standard InChI is InChI=1S/C12H12N4O2S/c1-7-2-3-8(6-10(7)16(17)18)11-13-14-12(19)15(11)9-4-5-9/h2-3,6,9H,4-5H2,1H3,(H,14,19). The molecule has 1 aliphatic rings. The molecule has 6 nitrogen and oxygen atoms in total. The monoisotopic (exact) mass is 276 g/mol. The van der Waals surface area contributed by atoms with Crippen LogP contribution in [0.4, 0.5) is 5.69 Å². The molecule has 0 atom stereocenters. The van der Waals surface area contributed by atoms with Gasteiger partial charge in [0, 0.05) is 23.2 Å². The van der Waals surface area contributed by atoms with E-state index in [0.717, 1.165) is 18.4 Å². The first-order valence-corrected chi connectivity index (χ1v) is 6.41. The number of hydrogen-bond donors (Lipinski definition) is 1. The van der Waals surface area contributed by atoms with Crippen molar-refractivity contribution in [1.82, 2.24) is 14.8 Å². The Balaban J connectivity index is 2.15. The van der Waals surface area contributed by atoms with Crippen molar-refractivity contribution in [2.75, 3.05) is 0 Å². The van der Waals surface area contributed by atoms with Gasteiger partial charge in [-0.15, -0.1) is 0 Å². The maximum absolute atomic E-state index is 11.0. The van der Waals surface area contributed by atoms with Crippen LogP contribution in [0.5, 0.6) is 0 Å². The molecule has 7 heteroatoms. The van der Waals surface area contributed by atoms with Gasteiger partial charge in [-0.2, -0.15) is 5.10 Å². The highest BCUT2D eigenvalue weighted by Gasteiger charge is 2.28. The lowest BCUT2D eigenvalue weighted by Crippen LogP contribution is -1.99. The average molecular weight is 276 g/mol. The van der Waals surface area contributed by atoms with Crippen LogP contribution >= 0.6 is 12.2 Å². The second-order valence-electron chi connectivity index (χ2n) is 4.71. The molecule has 19 heavy (non-hydrogen) atoms. The van der Waals surface area contributed by atoms with E-state index in [-0.39, 0.29) is 10.6 Å². The van der Waals surface area contributed by atoms with Gasteiger partial charge in [-0.05, 0) is 32.0 Å². The Morgan fingerprint density at radius 2 is 2.26 bits per heavy atom. The van der Waals surface area contributed by atoms with E-state index in [1.54, 1.807) is 19.1 Å². The lowest BCUT2D eigenvalue weighted by molar-refractivity contribution is -0.385. The second-order valence-corrected chi connectivity index (χ2v) is 5.10. The molecule has 0 saturated heterocycles. The normalized spacial score (nSPS) is 14.6. The van der Waals surface area contributed by atoms with Crippen molar-refractivity contribution in [3.05, 3.63) is 38.6 Å². The van der Waals surface area contributed by atoms with Crippen LogP contribution in [0.3, 0.4) is 0 Å². The van der Waals surface area contributed by atoms with E-state index in [9.17, 15) is 10.1 Å². The van der Waals surface area contributed by atoms with Crippen molar-refractivity contribution in [1.29, 1.82) is 0 Å². The first-order valence-electron chi connectivity index (χ1n) is 6.00. The molecule has 0 spiro atoms. The summed E-state index contributed by atoms with van der Waals surface area (Å²) in [5.41, 5.74) is 1.46. The minimum absolute atomic E-state index is 0.105. The highest BCUT2D eigenvalue weighted by Crippen LogP contribution is 2.38.